The lowest BCUT2D eigenvalue weighted by atomic mass is 10.0. The maximum Gasteiger partial charge on any atom is 0.415 e. The maximum atomic E-state index is 13.0. The first-order chi connectivity index (χ1) is 19.1. The van der Waals surface area contributed by atoms with E-state index in [4.69, 9.17) is 19.2 Å². The van der Waals surface area contributed by atoms with E-state index in [0.29, 0.717) is 42.9 Å². The molecule has 0 aromatic carbocycles. The molecule has 0 radical (unpaired) electrons. The molecule has 0 bridgehead atoms. The molecule has 210 valence electrons. The molecule has 1 amide bonds. The number of hydrogen-bond acceptors (Lipinski definition) is 11. The van der Waals surface area contributed by atoms with Gasteiger partial charge in [-0.1, -0.05) is 0 Å². The van der Waals surface area contributed by atoms with Crippen LogP contribution in [0.3, 0.4) is 0 Å². The zero-order chi connectivity index (χ0) is 28.4. The first-order valence-corrected chi connectivity index (χ1v) is 13.1. The number of esters is 1. The van der Waals surface area contributed by atoms with Crippen molar-refractivity contribution in [3.05, 3.63) is 53.2 Å². The zero-order valence-corrected chi connectivity index (χ0v) is 23.4. The van der Waals surface area contributed by atoms with Crippen molar-refractivity contribution in [2.75, 3.05) is 41.9 Å². The van der Waals surface area contributed by atoms with Crippen molar-refractivity contribution in [3.63, 3.8) is 0 Å². The average molecular weight is 548 g/mol. The van der Waals surface area contributed by atoms with Gasteiger partial charge >= 0.3 is 12.1 Å². The first kappa shape index (κ1) is 27.1. The molecule has 0 spiro atoms. The number of carbonyl (C=O) groups excluding carboxylic acids is 2. The Labute approximate surface area is 232 Å². The molecule has 2 aliphatic rings. The van der Waals surface area contributed by atoms with E-state index in [-0.39, 0.29) is 12.4 Å². The number of carbonyl (C=O) groups is 2. The van der Waals surface area contributed by atoms with Crippen LogP contribution in [0, 0.1) is 6.92 Å². The lowest BCUT2D eigenvalue weighted by Crippen LogP contribution is -2.42. The Kier molecular flexibility index (Phi) is 7.42. The molecule has 3 aromatic rings. The number of fused-ring (bicyclic) bond motifs is 2. The molecule has 3 aromatic heterocycles. The molecule has 0 saturated heterocycles. The highest BCUT2D eigenvalue weighted by molar-refractivity contribution is 5.92. The summed E-state index contributed by atoms with van der Waals surface area (Å²) in [5.74, 6) is 0.520. The second-order valence-electron chi connectivity index (χ2n) is 10.7. The Balaban J connectivity index is 1.37. The summed E-state index contributed by atoms with van der Waals surface area (Å²) in [7, 11) is 1.36. The Morgan fingerprint density at radius 1 is 1.12 bits per heavy atom. The Bertz CT molecular complexity index is 1440. The zero-order valence-electron chi connectivity index (χ0n) is 23.4. The van der Waals surface area contributed by atoms with Crippen molar-refractivity contribution in [1.29, 1.82) is 0 Å². The van der Waals surface area contributed by atoms with Crippen molar-refractivity contribution in [2.45, 2.75) is 52.7 Å². The van der Waals surface area contributed by atoms with Crippen LogP contribution in [0.5, 0.6) is 5.88 Å². The van der Waals surface area contributed by atoms with Gasteiger partial charge in [0.15, 0.2) is 0 Å². The molecule has 0 atom stereocenters. The summed E-state index contributed by atoms with van der Waals surface area (Å²) in [5, 5.41) is 3.19. The summed E-state index contributed by atoms with van der Waals surface area (Å²) in [5.41, 5.74) is 5.16. The summed E-state index contributed by atoms with van der Waals surface area (Å²) in [4.78, 5) is 46.5. The Morgan fingerprint density at radius 2 is 1.95 bits per heavy atom. The molecule has 0 fully saturated rings. The number of anilines is 4. The van der Waals surface area contributed by atoms with Gasteiger partial charge in [0.1, 0.15) is 17.9 Å². The highest BCUT2D eigenvalue weighted by Crippen LogP contribution is 2.39. The average Bonchev–Trinajstić information content (AvgIpc) is 2.92. The van der Waals surface area contributed by atoms with Crippen LogP contribution < -0.4 is 19.9 Å². The molecule has 40 heavy (non-hydrogen) atoms. The number of amides is 1. The number of aromatic nitrogens is 4. The minimum atomic E-state index is -0.616. The smallest absolute Gasteiger partial charge is 0.415 e. The van der Waals surface area contributed by atoms with Gasteiger partial charge in [0.25, 0.3) is 0 Å². The lowest BCUT2D eigenvalue weighted by molar-refractivity contribution is -0.139. The summed E-state index contributed by atoms with van der Waals surface area (Å²) in [6, 6.07) is 1.82. The fraction of sp³-hybridized carbons (Fsp3) is 0.429. The van der Waals surface area contributed by atoms with E-state index in [1.807, 2.05) is 40.0 Å². The summed E-state index contributed by atoms with van der Waals surface area (Å²) >= 11 is 0. The lowest BCUT2D eigenvalue weighted by Gasteiger charge is -2.35. The molecule has 0 saturated carbocycles. The van der Waals surface area contributed by atoms with Crippen LogP contribution in [0.4, 0.5) is 27.8 Å². The largest absolute Gasteiger partial charge is 0.474 e. The molecule has 12 heteroatoms. The van der Waals surface area contributed by atoms with Crippen molar-refractivity contribution in [2.24, 2.45) is 0 Å². The van der Waals surface area contributed by atoms with Gasteiger partial charge in [-0.3, -0.25) is 14.7 Å². The molecule has 2 aliphatic heterocycles. The molecule has 12 nitrogen and oxygen atoms in total. The fourth-order valence-corrected chi connectivity index (χ4v) is 4.74. The van der Waals surface area contributed by atoms with Gasteiger partial charge in [-0.15, -0.1) is 0 Å². The van der Waals surface area contributed by atoms with Crippen LogP contribution in [0.2, 0.25) is 0 Å². The highest BCUT2D eigenvalue weighted by atomic mass is 16.6. The molecular weight excluding hydrogens is 514 g/mol. The molecular formula is C28H33N7O5. The van der Waals surface area contributed by atoms with Crippen LogP contribution >= 0.6 is 0 Å². The van der Waals surface area contributed by atoms with Gasteiger partial charge < -0.3 is 24.4 Å². The van der Waals surface area contributed by atoms with E-state index < -0.39 is 11.7 Å². The topological polar surface area (TPSA) is 132 Å². The predicted octanol–water partition coefficient (Wildman–Crippen LogP) is 3.73. The van der Waals surface area contributed by atoms with Crippen molar-refractivity contribution in [3.8, 4) is 5.88 Å². The van der Waals surface area contributed by atoms with E-state index in [9.17, 15) is 9.59 Å². The number of nitrogens with zero attached hydrogens (tertiary/aromatic N) is 6. The van der Waals surface area contributed by atoms with E-state index in [1.165, 1.54) is 7.11 Å². The monoisotopic (exact) mass is 547 g/mol. The van der Waals surface area contributed by atoms with Crippen molar-refractivity contribution >= 4 is 35.1 Å². The number of ether oxygens (including phenoxy) is 3. The second-order valence-corrected chi connectivity index (χ2v) is 10.7. The van der Waals surface area contributed by atoms with Gasteiger partial charge in [0, 0.05) is 24.5 Å². The second kappa shape index (κ2) is 10.9. The van der Waals surface area contributed by atoms with Gasteiger partial charge in [-0.2, -0.15) is 0 Å². The number of rotatable bonds is 5. The van der Waals surface area contributed by atoms with Crippen LogP contribution in [0.1, 0.15) is 43.2 Å². The highest BCUT2D eigenvalue weighted by Gasteiger charge is 2.32. The van der Waals surface area contributed by atoms with E-state index >= 15 is 0 Å². The quantitative estimate of drug-likeness (QED) is 0.469. The van der Waals surface area contributed by atoms with Crippen molar-refractivity contribution in [1.82, 2.24) is 19.9 Å². The molecule has 0 unspecified atom stereocenters. The first-order valence-electron chi connectivity index (χ1n) is 13.1. The summed E-state index contributed by atoms with van der Waals surface area (Å²) in [6.45, 7) is 9.54. The van der Waals surface area contributed by atoms with Crippen LogP contribution in [-0.2, 0) is 33.7 Å². The number of nitrogens with one attached hydrogen (secondary N) is 1. The van der Waals surface area contributed by atoms with Gasteiger partial charge in [-0.25, -0.2) is 19.7 Å². The van der Waals surface area contributed by atoms with Gasteiger partial charge in [-0.05, 0) is 51.3 Å². The SMILES string of the molecule is COC(=O)Cc1cncc(Nc2ncc3c(n2)CN(c2cnc4c(c2C)N(C(=O)OC(C)(C)C)CCO4)CC3)c1. The van der Waals surface area contributed by atoms with Crippen LogP contribution in [0.25, 0.3) is 0 Å². The third-order valence-electron chi connectivity index (χ3n) is 6.60. The number of pyridine rings is 2. The third kappa shape index (κ3) is 5.90. The standard InChI is InChI=1S/C28H33N7O5/c1-17-22(15-30-25-24(17)35(8-9-39-25)27(37)40-28(2,3)4)34-7-6-19-13-31-26(33-21(19)16-34)32-20-10-18(12-29-14-20)11-23(36)38-5/h10,12-15H,6-9,11,16H2,1-5H3,(H,31,32,33). The minimum absolute atomic E-state index is 0.129. The maximum absolute atomic E-state index is 13.0. The van der Waals surface area contributed by atoms with Gasteiger partial charge in [0.2, 0.25) is 11.8 Å². The molecule has 0 aliphatic carbocycles. The fourth-order valence-electron chi connectivity index (χ4n) is 4.74. The van der Waals surface area contributed by atoms with Crippen molar-refractivity contribution < 1.29 is 23.8 Å². The normalized spacial score (nSPS) is 14.5. The Hall–Kier alpha value is -4.48. The minimum Gasteiger partial charge on any atom is -0.474 e. The molecule has 5 heterocycles. The number of hydrogen-bond donors (Lipinski definition) is 1. The summed E-state index contributed by atoms with van der Waals surface area (Å²) in [6.07, 6.45) is 7.36. The molecule has 5 rings (SSSR count). The number of methoxy groups -OCH3 is 1. The molecule has 1 N–H and O–H groups in total. The van der Waals surface area contributed by atoms with Crippen LogP contribution in [0.15, 0.2) is 30.9 Å². The Morgan fingerprint density at radius 3 is 2.73 bits per heavy atom. The van der Waals surface area contributed by atoms with E-state index in [1.54, 1.807) is 23.5 Å². The van der Waals surface area contributed by atoms with E-state index in [2.05, 4.69) is 25.2 Å². The predicted molar refractivity (Wildman–Crippen MR) is 148 cm³/mol. The third-order valence-corrected chi connectivity index (χ3v) is 6.60. The summed E-state index contributed by atoms with van der Waals surface area (Å²) < 4.78 is 16.2. The van der Waals surface area contributed by atoms with Gasteiger partial charge in [0.05, 0.1) is 56.1 Å². The van der Waals surface area contributed by atoms with Crippen LogP contribution in [-0.4, -0.2) is 64.4 Å². The van der Waals surface area contributed by atoms with E-state index in [0.717, 1.165) is 41.0 Å².